The Morgan fingerprint density at radius 2 is 1.58 bits per heavy atom. The molecule has 3 rings (SSSR count). The largest absolute Gasteiger partial charge is 0.493 e. The molecule has 124 valence electrons. The summed E-state index contributed by atoms with van der Waals surface area (Å²) < 4.78 is 1.64. The van der Waals surface area contributed by atoms with Crippen LogP contribution in [-0.4, -0.2) is 14.9 Å². The van der Waals surface area contributed by atoms with Crippen LogP contribution in [0, 0.1) is 13.8 Å². The predicted molar refractivity (Wildman–Crippen MR) is 98.8 cm³/mol. The number of aryl methyl sites for hydroxylation is 2. The molecule has 0 unspecified atom stereocenters. The molecular formula is C21H24N2O. The first-order valence-electron chi connectivity index (χ1n) is 8.24. The lowest BCUT2D eigenvalue weighted by Crippen LogP contribution is -2.12. The van der Waals surface area contributed by atoms with Gasteiger partial charge in [0.15, 0.2) is 0 Å². The maximum absolute atomic E-state index is 10.9. The number of aromatic hydroxyl groups is 1. The first kappa shape index (κ1) is 16.3. The van der Waals surface area contributed by atoms with E-state index < -0.39 is 0 Å². The van der Waals surface area contributed by atoms with Crippen LogP contribution in [0.4, 0.5) is 0 Å². The van der Waals surface area contributed by atoms with Gasteiger partial charge in [0, 0.05) is 11.1 Å². The predicted octanol–water partition coefficient (Wildman–Crippen LogP) is 5.16. The molecule has 1 heterocycles. The molecule has 3 aromatic rings. The van der Waals surface area contributed by atoms with Gasteiger partial charge in [0.1, 0.15) is 5.69 Å². The fourth-order valence-corrected chi connectivity index (χ4v) is 2.95. The van der Waals surface area contributed by atoms with Gasteiger partial charge in [-0.25, -0.2) is 4.68 Å². The van der Waals surface area contributed by atoms with Crippen LogP contribution in [0.2, 0.25) is 0 Å². The van der Waals surface area contributed by atoms with Gasteiger partial charge < -0.3 is 5.11 Å². The van der Waals surface area contributed by atoms with Crippen LogP contribution in [-0.2, 0) is 5.41 Å². The molecule has 3 heteroatoms. The van der Waals surface area contributed by atoms with Crippen molar-refractivity contribution >= 4 is 0 Å². The Morgan fingerprint density at radius 3 is 2.17 bits per heavy atom. The lowest BCUT2D eigenvalue weighted by molar-refractivity contribution is 0.414. The van der Waals surface area contributed by atoms with Gasteiger partial charge in [0.05, 0.1) is 5.69 Å². The number of aromatic nitrogens is 2. The van der Waals surface area contributed by atoms with Gasteiger partial charge in [-0.05, 0) is 37.0 Å². The molecule has 0 aliphatic rings. The molecule has 0 amide bonds. The van der Waals surface area contributed by atoms with Crippen molar-refractivity contribution < 1.29 is 5.11 Å². The minimum Gasteiger partial charge on any atom is -0.493 e. The highest BCUT2D eigenvalue weighted by Gasteiger charge is 2.29. The molecule has 0 saturated heterocycles. The van der Waals surface area contributed by atoms with E-state index in [1.807, 2.05) is 31.2 Å². The van der Waals surface area contributed by atoms with Crippen molar-refractivity contribution in [2.45, 2.75) is 40.0 Å². The summed E-state index contributed by atoms with van der Waals surface area (Å²) in [5.74, 6) is 0.212. The summed E-state index contributed by atoms with van der Waals surface area (Å²) in [5.41, 5.74) is 5.72. The van der Waals surface area contributed by atoms with E-state index in [1.54, 1.807) is 4.68 Å². The summed E-state index contributed by atoms with van der Waals surface area (Å²) in [4.78, 5) is 0. The minimum absolute atomic E-state index is 0.212. The lowest BCUT2D eigenvalue weighted by Gasteiger charge is -2.19. The SMILES string of the molecule is Cc1ccc(-c2nn(-c3cccc(C)c3)c(O)c2C(C)(C)C)cc1. The average Bonchev–Trinajstić information content (AvgIpc) is 2.85. The molecular weight excluding hydrogens is 296 g/mol. The molecule has 0 spiro atoms. The highest BCUT2D eigenvalue weighted by molar-refractivity contribution is 5.68. The van der Waals surface area contributed by atoms with E-state index >= 15 is 0 Å². The molecule has 0 aliphatic heterocycles. The topological polar surface area (TPSA) is 38.0 Å². The Balaban J connectivity index is 2.25. The van der Waals surface area contributed by atoms with E-state index in [2.05, 4.69) is 52.0 Å². The van der Waals surface area contributed by atoms with Gasteiger partial charge in [0.2, 0.25) is 5.88 Å². The van der Waals surface area contributed by atoms with Crippen molar-refractivity contribution in [3.63, 3.8) is 0 Å². The smallest absolute Gasteiger partial charge is 0.218 e. The number of hydrogen-bond donors (Lipinski definition) is 1. The van der Waals surface area contributed by atoms with Crippen LogP contribution in [0.3, 0.4) is 0 Å². The van der Waals surface area contributed by atoms with E-state index in [9.17, 15) is 5.11 Å². The molecule has 3 nitrogen and oxygen atoms in total. The second kappa shape index (κ2) is 5.82. The van der Waals surface area contributed by atoms with Crippen LogP contribution in [0.1, 0.15) is 37.5 Å². The Labute approximate surface area is 143 Å². The van der Waals surface area contributed by atoms with E-state index in [1.165, 1.54) is 5.56 Å². The summed E-state index contributed by atoms with van der Waals surface area (Å²) in [6.07, 6.45) is 0. The van der Waals surface area contributed by atoms with Crippen LogP contribution in [0.15, 0.2) is 48.5 Å². The van der Waals surface area contributed by atoms with Crippen LogP contribution in [0.5, 0.6) is 5.88 Å². The van der Waals surface area contributed by atoms with E-state index in [0.717, 1.165) is 28.1 Å². The highest BCUT2D eigenvalue weighted by atomic mass is 16.3. The molecule has 0 bridgehead atoms. The summed E-state index contributed by atoms with van der Waals surface area (Å²) in [5, 5.41) is 15.7. The number of nitrogens with zero attached hydrogens (tertiary/aromatic N) is 2. The van der Waals surface area contributed by atoms with Crippen molar-refractivity contribution in [3.8, 4) is 22.8 Å². The highest BCUT2D eigenvalue weighted by Crippen LogP contribution is 2.40. The normalized spacial score (nSPS) is 11.7. The van der Waals surface area contributed by atoms with Crippen molar-refractivity contribution in [1.29, 1.82) is 0 Å². The Hall–Kier alpha value is -2.55. The molecule has 0 aliphatic carbocycles. The van der Waals surface area contributed by atoms with Gasteiger partial charge in [-0.15, -0.1) is 0 Å². The van der Waals surface area contributed by atoms with Gasteiger partial charge in [-0.1, -0.05) is 62.7 Å². The van der Waals surface area contributed by atoms with E-state index in [4.69, 9.17) is 5.10 Å². The Morgan fingerprint density at radius 1 is 0.917 bits per heavy atom. The molecule has 0 fully saturated rings. The first-order valence-corrected chi connectivity index (χ1v) is 8.24. The standard InChI is InChI=1S/C21H24N2O/c1-14-9-11-16(12-10-14)19-18(21(3,4)5)20(24)23(22-19)17-8-6-7-15(2)13-17/h6-13,24H,1-5H3. The second-order valence-corrected chi connectivity index (χ2v) is 7.41. The van der Waals surface area contributed by atoms with Crippen molar-refractivity contribution in [2.75, 3.05) is 0 Å². The van der Waals surface area contributed by atoms with Crippen LogP contribution >= 0.6 is 0 Å². The van der Waals surface area contributed by atoms with Gasteiger partial charge in [0.25, 0.3) is 0 Å². The third-order valence-corrected chi connectivity index (χ3v) is 4.18. The number of rotatable bonds is 2. The molecule has 24 heavy (non-hydrogen) atoms. The first-order chi connectivity index (χ1) is 11.3. The maximum atomic E-state index is 10.9. The molecule has 0 saturated carbocycles. The quantitative estimate of drug-likeness (QED) is 0.708. The number of hydrogen-bond acceptors (Lipinski definition) is 2. The van der Waals surface area contributed by atoms with Gasteiger partial charge in [-0.2, -0.15) is 5.10 Å². The zero-order valence-electron chi connectivity index (χ0n) is 15.0. The monoisotopic (exact) mass is 320 g/mol. The molecule has 0 atom stereocenters. The van der Waals surface area contributed by atoms with Crippen LogP contribution in [0.25, 0.3) is 16.9 Å². The fraction of sp³-hybridized carbons (Fsp3) is 0.286. The van der Waals surface area contributed by atoms with E-state index in [-0.39, 0.29) is 11.3 Å². The third kappa shape index (κ3) is 2.94. The van der Waals surface area contributed by atoms with Crippen molar-refractivity contribution in [3.05, 3.63) is 65.2 Å². The number of benzene rings is 2. The Kier molecular flexibility index (Phi) is 3.96. The molecule has 1 aromatic heterocycles. The fourth-order valence-electron chi connectivity index (χ4n) is 2.95. The zero-order valence-corrected chi connectivity index (χ0v) is 15.0. The summed E-state index contributed by atoms with van der Waals surface area (Å²) in [6.45, 7) is 10.4. The van der Waals surface area contributed by atoms with Gasteiger partial charge in [-0.3, -0.25) is 0 Å². The second-order valence-electron chi connectivity index (χ2n) is 7.41. The summed E-state index contributed by atoms with van der Waals surface area (Å²) >= 11 is 0. The molecule has 2 aromatic carbocycles. The molecule has 1 N–H and O–H groups in total. The molecule has 0 radical (unpaired) electrons. The zero-order chi connectivity index (χ0) is 17.5. The van der Waals surface area contributed by atoms with E-state index in [0.29, 0.717) is 0 Å². The van der Waals surface area contributed by atoms with Crippen LogP contribution < -0.4 is 0 Å². The maximum Gasteiger partial charge on any atom is 0.218 e. The van der Waals surface area contributed by atoms with Gasteiger partial charge >= 0.3 is 0 Å². The lowest BCUT2D eigenvalue weighted by atomic mass is 9.85. The minimum atomic E-state index is -0.216. The van der Waals surface area contributed by atoms with Crippen molar-refractivity contribution in [2.24, 2.45) is 0 Å². The van der Waals surface area contributed by atoms with Crippen molar-refractivity contribution in [1.82, 2.24) is 9.78 Å². The summed E-state index contributed by atoms with van der Waals surface area (Å²) in [6, 6.07) is 16.3. The summed E-state index contributed by atoms with van der Waals surface area (Å²) in [7, 11) is 0. The Bertz CT molecular complexity index is 868. The average molecular weight is 320 g/mol. The third-order valence-electron chi connectivity index (χ3n) is 4.18.